The van der Waals surface area contributed by atoms with Crippen LogP contribution in [-0.4, -0.2) is 35.6 Å². The van der Waals surface area contributed by atoms with Crippen molar-refractivity contribution in [3.8, 4) is 0 Å². The molecule has 1 aromatic heterocycles. The average Bonchev–Trinajstić information content (AvgIpc) is 3.10. The number of benzene rings is 1. The number of carbonyl (C=O) groups excluding carboxylic acids is 1. The van der Waals surface area contributed by atoms with Crippen molar-refractivity contribution in [2.45, 2.75) is 38.6 Å². The summed E-state index contributed by atoms with van der Waals surface area (Å²) in [6.45, 7) is 6.10. The van der Waals surface area contributed by atoms with Gasteiger partial charge < -0.3 is 5.32 Å². The fraction of sp³-hybridized carbons (Fsp3) is 0.444. The molecule has 2 heterocycles. The second kappa shape index (κ2) is 6.81. The van der Waals surface area contributed by atoms with Crippen LogP contribution in [0, 0.1) is 0 Å². The highest BCUT2D eigenvalue weighted by Crippen LogP contribution is 2.31. The monoisotopic (exact) mass is 439 g/mol. The third kappa shape index (κ3) is 4.17. The molecule has 1 aromatic carbocycles. The third-order valence-corrected chi connectivity index (χ3v) is 6.69. The first-order valence-electron chi connectivity index (χ1n) is 8.42. The van der Waals surface area contributed by atoms with Gasteiger partial charge in [-0.05, 0) is 30.7 Å². The van der Waals surface area contributed by atoms with Crippen LogP contribution in [0.3, 0.4) is 0 Å². The first-order valence-corrected chi connectivity index (χ1v) is 11.0. The molecule has 26 heavy (non-hydrogen) atoms. The number of anilines is 1. The maximum Gasteiger partial charge on any atom is 0.256 e. The van der Waals surface area contributed by atoms with Crippen LogP contribution in [0.5, 0.6) is 0 Å². The molecule has 0 spiro atoms. The number of hydrogen-bond donors (Lipinski definition) is 1. The average molecular weight is 440 g/mol. The molecule has 6 nitrogen and oxygen atoms in total. The highest BCUT2D eigenvalue weighted by atomic mass is 79.9. The van der Waals surface area contributed by atoms with Gasteiger partial charge in [0.2, 0.25) is 0 Å². The van der Waals surface area contributed by atoms with E-state index in [-0.39, 0.29) is 28.9 Å². The lowest BCUT2D eigenvalue weighted by Crippen LogP contribution is -2.20. The van der Waals surface area contributed by atoms with Crippen molar-refractivity contribution in [1.82, 2.24) is 9.78 Å². The number of nitrogens with zero attached hydrogens (tertiary/aromatic N) is 2. The van der Waals surface area contributed by atoms with Gasteiger partial charge >= 0.3 is 0 Å². The molecule has 1 saturated heterocycles. The number of amides is 1. The smallest absolute Gasteiger partial charge is 0.256 e. The van der Waals surface area contributed by atoms with Crippen LogP contribution in [0.2, 0.25) is 0 Å². The van der Waals surface area contributed by atoms with Gasteiger partial charge in [0.15, 0.2) is 9.84 Å². The largest absolute Gasteiger partial charge is 0.307 e. The summed E-state index contributed by atoms with van der Waals surface area (Å²) in [6, 6.07) is 8.64. The van der Waals surface area contributed by atoms with Crippen LogP contribution in [-0.2, 0) is 15.3 Å². The summed E-state index contributed by atoms with van der Waals surface area (Å²) in [6.07, 6.45) is 0.509. The number of halogens is 1. The van der Waals surface area contributed by atoms with Crippen molar-refractivity contribution in [2.75, 3.05) is 16.8 Å². The zero-order chi connectivity index (χ0) is 19.1. The summed E-state index contributed by atoms with van der Waals surface area (Å²) in [4.78, 5) is 12.6. The Bertz CT molecular complexity index is 928. The lowest BCUT2D eigenvalue weighted by Gasteiger charge is -2.15. The van der Waals surface area contributed by atoms with Gasteiger partial charge in [-0.1, -0.05) is 36.7 Å². The molecule has 1 aliphatic rings. The zero-order valence-corrected chi connectivity index (χ0v) is 17.4. The number of hydrogen-bond acceptors (Lipinski definition) is 4. The van der Waals surface area contributed by atoms with Crippen molar-refractivity contribution in [2.24, 2.45) is 0 Å². The summed E-state index contributed by atoms with van der Waals surface area (Å²) in [7, 11) is -3.05. The van der Waals surface area contributed by atoms with E-state index >= 15 is 0 Å². The third-order valence-electron chi connectivity index (χ3n) is 4.41. The number of carbonyl (C=O) groups is 1. The number of rotatable bonds is 3. The van der Waals surface area contributed by atoms with Crippen LogP contribution in [0.25, 0.3) is 0 Å². The van der Waals surface area contributed by atoms with Crippen molar-refractivity contribution < 1.29 is 13.2 Å². The van der Waals surface area contributed by atoms with E-state index in [9.17, 15) is 13.2 Å². The maximum absolute atomic E-state index is 12.6. The fourth-order valence-electron chi connectivity index (χ4n) is 2.89. The van der Waals surface area contributed by atoms with Crippen molar-refractivity contribution >= 4 is 37.5 Å². The summed E-state index contributed by atoms with van der Waals surface area (Å²) in [5, 5.41) is 7.51. The maximum atomic E-state index is 12.6. The van der Waals surface area contributed by atoms with Gasteiger partial charge in [0.05, 0.1) is 23.2 Å². The first kappa shape index (κ1) is 19.1. The molecule has 1 aliphatic heterocycles. The first-order chi connectivity index (χ1) is 12.0. The highest BCUT2D eigenvalue weighted by Gasteiger charge is 2.32. The van der Waals surface area contributed by atoms with Gasteiger partial charge in [0, 0.05) is 21.5 Å². The van der Waals surface area contributed by atoms with Crippen molar-refractivity contribution in [3.05, 3.63) is 46.1 Å². The molecule has 1 unspecified atom stereocenters. The minimum Gasteiger partial charge on any atom is -0.307 e. The molecule has 3 rings (SSSR count). The SMILES string of the molecule is CC(C)(C)c1cc(NC(=O)c2ccc(Br)cc2)n(C2CCS(=O)(=O)C2)n1. The zero-order valence-electron chi connectivity index (χ0n) is 15.0. The summed E-state index contributed by atoms with van der Waals surface area (Å²) < 4.78 is 26.3. The van der Waals surface area contributed by atoms with E-state index in [4.69, 9.17) is 0 Å². The van der Waals surface area contributed by atoms with Gasteiger partial charge in [-0.3, -0.25) is 4.79 Å². The number of nitrogens with one attached hydrogen (secondary N) is 1. The Morgan fingerprint density at radius 2 is 1.92 bits per heavy atom. The molecule has 8 heteroatoms. The Hall–Kier alpha value is -1.67. The minimum atomic E-state index is -3.05. The van der Waals surface area contributed by atoms with Crippen LogP contribution < -0.4 is 5.32 Å². The van der Waals surface area contributed by atoms with E-state index in [2.05, 4.69) is 26.3 Å². The Balaban J connectivity index is 1.93. The molecule has 2 aromatic rings. The molecule has 1 fully saturated rings. The van der Waals surface area contributed by atoms with E-state index in [0.29, 0.717) is 17.8 Å². The van der Waals surface area contributed by atoms with E-state index in [1.54, 1.807) is 28.9 Å². The van der Waals surface area contributed by atoms with Gasteiger partial charge in [-0.2, -0.15) is 5.10 Å². The minimum absolute atomic E-state index is 0.0550. The van der Waals surface area contributed by atoms with Crippen LogP contribution in [0.15, 0.2) is 34.8 Å². The van der Waals surface area contributed by atoms with E-state index in [0.717, 1.165) is 10.2 Å². The van der Waals surface area contributed by atoms with Gasteiger partial charge in [-0.25, -0.2) is 13.1 Å². The summed E-state index contributed by atoms with van der Waals surface area (Å²) in [5.74, 6) is 0.493. The molecule has 0 aliphatic carbocycles. The predicted molar refractivity (Wildman–Crippen MR) is 105 cm³/mol. The summed E-state index contributed by atoms with van der Waals surface area (Å²) in [5.41, 5.74) is 1.13. The molecular weight excluding hydrogens is 418 g/mol. The number of sulfone groups is 1. The Kier molecular flexibility index (Phi) is 5.00. The van der Waals surface area contributed by atoms with Gasteiger partial charge in [0.25, 0.3) is 5.91 Å². The molecule has 1 amide bonds. The Morgan fingerprint density at radius 1 is 1.27 bits per heavy atom. The molecular formula is C18H22BrN3O3S. The molecule has 0 bridgehead atoms. The lowest BCUT2D eigenvalue weighted by atomic mass is 9.92. The van der Waals surface area contributed by atoms with Crippen molar-refractivity contribution in [3.63, 3.8) is 0 Å². The quantitative estimate of drug-likeness (QED) is 0.792. The molecule has 140 valence electrons. The Labute approximate surface area is 162 Å². The van der Waals surface area contributed by atoms with Gasteiger partial charge in [-0.15, -0.1) is 0 Å². The lowest BCUT2D eigenvalue weighted by molar-refractivity contribution is 0.102. The van der Waals surface area contributed by atoms with Crippen LogP contribution in [0.1, 0.15) is 49.3 Å². The number of aromatic nitrogens is 2. The standard InChI is InChI=1S/C18H22BrN3O3S/c1-18(2,3)15-10-16(20-17(23)12-4-6-13(19)7-5-12)22(21-15)14-8-9-26(24,25)11-14/h4-7,10,14H,8-9,11H2,1-3H3,(H,20,23). The topological polar surface area (TPSA) is 81.1 Å². The van der Waals surface area contributed by atoms with E-state index in [1.165, 1.54) is 0 Å². The van der Waals surface area contributed by atoms with Crippen molar-refractivity contribution in [1.29, 1.82) is 0 Å². The van der Waals surface area contributed by atoms with Crippen LogP contribution >= 0.6 is 15.9 Å². The predicted octanol–water partition coefficient (Wildman–Crippen LogP) is 3.56. The van der Waals surface area contributed by atoms with Crippen LogP contribution in [0.4, 0.5) is 5.82 Å². The fourth-order valence-corrected chi connectivity index (χ4v) is 4.85. The van der Waals surface area contributed by atoms with E-state index in [1.807, 2.05) is 26.8 Å². The summed E-state index contributed by atoms with van der Waals surface area (Å²) >= 11 is 3.35. The molecule has 0 radical (unpaired) electrons. The molecule has 0 saturated carbocycles. The second-order valence-corrected chi connectivity index (χ2v) is 10.8. The highest BCUT2D eigenvalue weighted by molar-refractivity contribution is 9.10. The molecule has 1 atom stereocenters. The normalized spacial score (nSPS) is 19.5. The molecule has 1 N–H and O–H groups in total. The van der Waals surface area contributed by atoms with E-state index < -0.39 is 9.84 Å². The van der Waals surface area contributed by atoms with Gasteiger partial charge in [0.1, 0.15) is 5.82 Å². The Morgan fingerprint density at radius 3 is 2.46 bits per heavy atom. The second-order valence-electron chi connectivity index (χ2n) is 7.63.